The average molecular weight is 450 g/mol. The second kappa shape index (κ2) is 10.6. The standard InChI is InChI=1S/C24H23N3O4S/c1-29-22-13-18(8-9-20(22)31-14-19-15-32-16-27-19)24(28)26-11-4-12-30-21-7-2-5-17-6-3-10-25-23(17)21/h2-3,5-10,13,15-16H,4,11-12,14H2,1H3,(H,26,28). The highest BCUT2D eigenvalue weighted by Crippen LogP contribution is 2.29. The van der Waals surface area contributed by atoms with Crippen LogP contribution in [-0.2, 0) is 6.61 Å². The Morgan fingerprint density at radius 2 is 1.94 bits per heavy atom. The number of aromatic nitrogens is 2. The molecule has 0 bridgehead atoms. The number of hydrogen-bond acceptors (Lipinski definition) is 7. The van der Waals surface area contributed by atoms with E-state index in [1.165, 1.54) is 11.3 Å². The summed E-state index contributed by atoms with van der Waals surface area (Å²) in [6, 6.07) is 14.9. The van der Waals surface area contributed by atoms with Crippen molar-refractivity contribution in [2.75, 3.05) is 20.3 Å². The number of carbonyl (C=O) groups is 1. The van der Waals surface area contributed by atoms with Gasteiger partial charge in [0.1, 0.15) is 17.9 Å². The first-order chi connectivity index (χ1) is 15.7. The van der Waals surface area contributed by atoms with E-state index >= 15 is 0 Å². The van der Waals surface area contributed by atoms with Gasteiger partial charge in [-0.3, -0.25) is 9.78 Å². The Balaban J connectivity index is 1.26. The summed E-state index contributed by atoms with van der Waals surface area (Å²) in [5.41, 5.74) is 3.94. The molecule has 0 aliphatic rings. The van der Waals surface area contributed by atoms with Crippen molar-refractivity contribution in [2.24, 2.45) is 0 Å². The van der Waals surface area contributed by atoms with Crippen LogP contribution in [0.4, 0.5) is 0 Å². The molecular formula is C24H23N3O4S. The Kier molecular flexibility index (Phi) is 7.14. The molecule has 0 aliphatic carbocycles. The first-order valence-corrected chi connectivity index (χ1v) is 11.1. The number of nitrogens with one attached hydrogen (secondary N) is 1. The maximum Gasteiger partial charge on any atom is 0.251 e. The predicted molar refractivity (Wildman–Crippen MR) is 124 cm³/mol. The first-order valence-electron chi connectivity index (χ1n) is 10.2. The number of amides is 1. The smallest absolute Gasteiger partial charge is 0.251 e. The molecule has 0 saturated heterocycles. The molecule has 2 heterocycles. The van der Waals surface area contributed by atoms with Crippen molar-refractivity contribution >= 4 is 28.1 Å². The first kappa shape index (κ1) is 21.6. The normalized spacial score (nSPS) is 10.7. The number of nitrogens with zero attached hydrogens (tertiary/aromatic N) is 2. The van der Waals surface area contributed by atoms with Gasteiger partial charge in [-0.1, -0.05) is 18.2 Å². The third-order valence-corrected chi connectivity index (χ3v) is 5.38. The van der Waals surface area contributed by atoms with E-state index in [1.54, 1.807) is 37.0 Å². The summed E-state index contributed by atoms with van der Waals surface area (Å²) in [6.45, 7) is 1.31. The Hall–Kier alpha value is -3.65. The monoisotopic (exact) mass is 449 g/mol. The fourth-order valence-corrected chi connectivity index (χ4v) is 3.68. The number of para-hydroxylation sites is 1. The number of ether oxygens (including phenoxy) is 3. The molecule has 0 fully saturated rings. The van der Waals surface area contributed by atoms with Crippen molar-refractivity contribution in [1.29, 1.82) is 0 Å². The van der Waals surface area contributed by atoms with Gasteiger partial charge < -0.3 is 19.5 Å². The number of methoxy groups -OCH3 is 1. The Morgan fingerprint density at radius 3 is 2.78 bits per heavy atom. The summed E-state index contributed by atoms with van der Waals surface area (Å²) in [6.07, 6.45) is 2.42. The van der Waals surface area contributed by atoms with Gasteiger partial charge in [0.15, 0.2) is 11.5 Å². The van der Waals surface area contributed by atoms with E-state index in [4.69, 9.17) is 14.2 Å². The minimum atomic E-state index is -0.179. The van der Waals surface area contributed by atoms with Gasteiger partial charge in [0, 0.05) is 29.1 Å². The second-order valence-corrected chi connectivity index (χ2v) is 7.64. The third kappa shape index (κ3) is 5.33. The quantitative estimate of drug-likeness (QED) is 0.360. The zero-order valence-electron chi connectivity index (χ0n) is 17.6. The highest BCUT2D eigenvalue weighted by molar-refractivity contribution is 7.07. The Labute approximate surface area is 190 Å². The van der Waals surface area contributed by atoms with E-state index in [0.717, 1.165) is 22.3 Å². The number of hydrogen-bond donors (Lipinski definition) is 1. The lowest BCUT2D eigenvalue weighted by molar-refractivity contribution is 0.0951. The van der Waals surface area contributed by atoms with E-state index in [1.807, 2.05) is 35.7 Å². The molecule has 1 amide bonds. The van der Waals surface area contributed by atoms with Gasteiger partial charge in [0.25, 0.3) is 5.91 Å². The molecule has 0 aliphatic heterocycles. The highest BCUT2D eigenvalue weighted by Gasteiger charge is 2.12. The number of rotatable bonds is 10. The van der Waals surface area contributed by atoms with Crippen LogP contribution in [0.25, 0.3) is 10.9 Å². The van der Waals surface area contributed by atoms with E-state index in [2.05, 4.69) is 15.3 Å². The van der Waals surface area contributed by atoms with Crippen molar-refractivity contribution in [3.05, 3.63) is 76.9 Å². The maximum absolute atomic E-state index is 12.5. The Morgan fingerprint density at radius 1 is 1.03 bits per heavy atom. The average Bonchev–Trinajstić information content (AvgIpc) is 3.36. The zero-order valence-corrected chi connectivity index (χ0v) is 18.4. The molecule has 2 aromatic carbocycles. The molecule has 0 saturated carbocycles. The van der Waals surface area contributed by atoms with Crippen molar-refractivity contribution in [2.45, 2.75) is 13.0 Å². The van der Waals surface area contributed by atoms with E-state index in [0.29, 0.717) is 43.2 Å². The van der Waals surface area contributed by atoms with Crippen LogP contribution in [-0.4, -0.2) is 36.1 Å². The van der Waals surface area contributed by atoms with Crippen LogP contribution in [0.1, 0.15) is 22.5 Å². The molecular weight excluding hydrogens is 426 g/mol. The second-order valence-electron chi connectivity index (χ2n) is 6.92. The van der Waals surface area contributed by atoms with Crippen LogP contribution in [0.5, 0.6) is 17.2 Å². The predicted octanol–water partition coefficient (Wildman–Crippen LogP) is 4.48. The lowest BCUT2D eigenvalue weighted by atomic mass is 10.2. The summed E-state index contributed by atoms with van der Waals surface area (Å²) < 4.78 is 17.0. The molecule has 32 heavy (non-hydrogen) atoms. The van der Waals surface area contributed by atoms with Crippen molar-refractivity contribution in [3.8, 4) is 17.2 Å². The van der Waals surface area contributed by atoms with Crippen LogP contribution < -0.4 is 19.5 Å². The summed E-state index contributed by atoms with van der Waals surface area (Å²) in [5.74, 6) is 1.63. The van der Waals surface area contributed by atoms with Gasteiger partial charge in [-0.15, -0.1) is 11.3 Å². The maximum atomic E-state index is 12.5. The summed E-state index contributed by atoms with van der Waals surface area (Å²) in [5, 5.41) is 5.87. The molecule has 4 rings (SSSR count). The SMILES string of the molecule is COc1cc(C(=O)NCCCOc2cccc3cccnc23)ccc1OCc1cscn1. The van der Waals surface area contributed by atoms with Crippen LogP contribution in [0.3, 0.4) is 0 Å². The lowest BCUT2D eigenvalue weighted by Crippen LogP contribution is -2.25. The van der Waals surface area contributed by atoms with Gasteiger partial charge in [0.05, 0.1) is 24.9 Å². The van der Waals surface area contributed by atoms with Gasteiger partial charge in [0.2, 0.25) is 0 Å². The van der Waals surface area contributed by atoms with Crippen molar-refractivity contribution in [3.63, 3.8) is 0 Å². The van der Waals surface area contributed by atoms with E-state index in [-0.39, 0.29) is 5.91 Å². The van der Waals surface area contributed by atoms with Gasteiger partial charge in [-0.2, -0.15) is 0 Å². The fourth-order valence-electron chi connectivity index (χ4n) is 3.14. The minimum absolute atomic E-state index is 0.179. The summed E-state index contributed by atoms with van der Waals surface area (Å²) >= 11 is 1.51. The summed E-state index contributed by atoms with van der Waals surface area (Å²) in [7, 11) is 1.55. The van der Waals surface area contributed by atoms with Gasteiger partial charge in [-0.25, -0.2) is 4.98 Å². The van der Waals surface area contributed by atoms with E-state index in [9.17, 15) is 4.79 Å². The Bertz CT molecular complexity index is 1180. The van der Waals surface area contributed by atoms with Crippen LogP contribution in [0.2, 0.25) is 0 Å². The fraction of sp³-hybridized carbons (Fsp3) is 0.208. The van der Waals surface area contributed by atoms with Crippen LogP contribution in [0.15, 0.2) is 65.6 Å². The number of benzene rings is 2. The molecule has 0 unspecified atom stereocenters. The van der Waals surface area contributed by atoms with E-state index < -0.39 is 0 Å². The van der Waals surface area contributed by atoms with Crippen LogP contribution >= 0.6 is 11.3 Å². The minimum Gasteiger partial charge on any atom is -0.493 e. The molecule has 164 valence electrons. The zero-order chi connectivity index (χ0) is 22.2. The van der Waals surface area contributed by atoms with Crippen molar-refractivity contribution < 1.29 is 19.0 Å². The molecule has 7 nitrogen and oxygen atoms in total. The molecule has 8 heteroatoms. The van der Waals surface area contributed by atoms with Gasteiger partial charge >= 0.3 is 0 Å². The molecule has 2 aromatic heterocycles. The number of pyridine rings is 1. The molecule has 0 radical (unpaired) electrons. The molecule has 0 spiro atoms. The summed E-state index contributed by atoms with van der Waals surface area (Å²) in [4.78, 5) is 21.1. The largest absolute Gasteiger partial charge is 0.493 e. The van der Waals surface area contributed by atoms with Gasteiger partial charge in [-0.05, 0) is 36.8 Å². The molecule has 0 atom stereocenters. The number of fused-ring (bicyclic) bond motifs is 1. The number of carbonyl (C=O) groups excluding carboxylic acids is 1. The van der Waals surface area contributed by atoms with Crippen molar-refractivity contribution in [1.82, 2.24) is 15.3 Å². The topological polar surface area (TPSA) is 82.6 Å². The molecule has 1 N–H and O–H groups in total. The van der Waals surface area contributed by atoms with Crippen LogP contribution in [0, 0.1) is 0 Å². The highest BCUT2D eigenvalue weighted by atomic mass is 32.1. The third-order valence-electron chi connectivity index (χ3n) is 4.74. The number of thiazole rings is 1. The molecule has 4 aromatic rings. The lowest BCUT2D eigenvalue weighted by Gasteiger charge is -2.12.